The molecule has 2 atom stereocenters. The smallest absolute Gasteiger partial charge is 0.416 e. The highest BCUT2D eigenvalue weighted by atomic mass is 28.5. The molecule has 14 nitrogen and oxygen atoms in total. The predicted octanol–water partition coefficient (Wildman–Crippen LogP) is 12.6. The topological polar surface area (TPSA) is 151 Å². The number of unbranched alkanes of at least 4 members (excludes halogenated alkanes) is 21. The lowest BCUT2D eigenvalue weighted by Gasteiger charge is -2.50. The average molecular weight is 1110 g/mol. The zero-order valence-corrected chi connectivity index (χ0v) is 53.7. The molecule has 414 valence electrons. The quantitative estimate of drug-likeness (QED) is 0.0439. The van der Waals surface area contributed by atoms with Crippen molar-refractivity contribution in [3.05, 3.63) is 0 Å². The van der Waals surface area contributed by atoms with E-state index in [1.807, 2.05) is 0 Å². The zero-order valence-electron chi connectivity index (χ0n) is 46.7. The Labute approximate surface area is 431 Å². The summed E-state index contributed by atoms with van der Waals surface area (Å²) in [4.78, 5) is 0. The average Bonchev–Trinajstić information content (AvgIpc) is 3.33. The van der Waals surface area contributed by atoms with Crippen molar-refractivity contribution in [1.29, 1.82) is 0 Å². The van der Waals surface area contributed by atoms with Crippen LogP contribution in [-0.4, -0.2) is 146 Å². The van der Waals surface area contributed by atoms with Gasteiger partial charge in [0.25, 0.3) is 0 Å². The van der Waals surface area contributed by atoms with Crippen LogP contribution < -0.4 is 0 Å². The van der Waals surface area contributed by atoms with E-state index in [9.17, 15) is 10.2 Å². The van der Waals surface area contributed by atoms with E-state index >= 15 is 0 Å². The van der Waals surface area contributed by atoms with Crippen molar-refractivity contribution in [2.45, 2.75) is 236 Å². The van der Waals surface area contributed by atoms with E-state index < -0.39 is 60.2 Å². The Morgan fingerprint density at radius 2 is 0.580 bits per heavy atom. The molecule has 0 saturated carbocycles. The molecule has 0 spiro atoms. The van der Waals surface area contributed by atoms with E-state index in [1.165, 1.54) is 103 Å². The lowest BCUT2D eigenvalue weighted by molar-refractivity contribution is 0.122. The van der Waals surface area contributed by atoms with Crippen LogP contribution in [0.15, 0.2) is 0 Å². The normalized spacial score (nSPS) is 22.9. The first-order valence-electron chi connectivity index (χ1n) is 27.5. The third-order valence-electron chi connectivity index (χ3n) is 14.5. The fraction of sp³-hybridized carbons (Fsp3) is 1.00. The van der Waals surface area contributed by atoms with E-state index in [1.54, 1.807) is 49.8 Å². The van der Waals surface area contributed by atoms with Gasteiger partial charge in [0.05, 0.1) is 12.5 Å². The standard InChI is InChI=1S/C48H110O14Si7/c1-13-58-39-38-43-66(12)61-64(10,41-33-26-20-14-17-23-29-35-44-67(47-49,51-2)52-3)59-63(9,40-32-28-22-16-19-25-31-37-46-69(55-6,56-7)57-8)60-65(11,62-66)42-34-27-21-15-18-24-30-36-45-68(48-50,53-4)54-5/h49-50H,13-48H2,1-12H3. The molecule has 0 amide bonds. The lowest BCUT2D eigenvalue weighted by Crippen LogP contribution is -2.67. The highest BCUT2D eigenvalue weighted by molar-refractivity contribution is 6.94. The summed E-state index contributed by atoms with van der Waals surface area (Å²) in [6.07, 6.45) is 29.2. The van der Waals surface area contributed by atoms with Gasteiger partial charge in [-0.15, -0.1) is 0 Å². The molecular formula is C48H110O14Si7. The minimum atomic E-state index is -2.68. The van der Waals surface area contributed by atoms with Gasteiger partial charge in [-0.05, 0) is 82.2 Å². The van der Waals surface area contributed by atoms with Gasteiger partial charge < -0.3 is 62.4 Å². The minimum Gasteiger partial charge on any atom is -0.416 e. The molecule has 0 aromatic carbocycles. The predicted molar refractivity (Wildman–Crippen MR) is 297 cm³/mol. The third kappa shape index (κ3) is 28.6. The van der Waals surface area contributed by atoms with Gasteiger partial charge in [0.2, 0.25) is 0 Å². The molecule has 21 heteroatoms. The molecule has 1 saturated heterocycles. The van der Waals surface area contributed by atoms with Crippen LogP contribution in [0.4, 0.5) is 0 Å². The Kier molecular flexibility index (Phi) is 37.9. The van der Waals surface area contributed by atoms with Crippen molar-refractivity contribution in [2.75, 3.05) is 75.4 Å². The summed E-state index contributed by atoms with van der Waals surface area (Å²) in [6.45, 7) is 12.8. The molecule has 1 heterocycles. The Morgan fingerprint density at radius 3 is 0.826 bits per heavy atom. The summed E-state index contributed by atoms with van der Waals surface area (Å²) in [5.41, 5.74) is 0. The number of ether oxygens (including phenoxy) is 1. The molecule has 69 heavy (non-hydrogen) atoms. The highest BCUT2D eigenvalue weighted by Gasteiger charge is 2.56. The van der Waals surface area contributed by atoms with Crippen LogP contribution in [0, 0.1) is 0 Å². The first-order chi connectivity index (χ1) is 33.1. The molecule has 0 bridgehead atoms. The fourth-order valence-electron chi connectivity index (χ4n) is 10.2. The number of rotatable bonds is 47. The van der Waals surface area contributed by atoms with Crippen LogP contribution >= 0.6 is 0 Å². The second kappa shape index (κ2) is 38.5. The molecule has 1 aliphatic heterocycles. The Balaban J connectivity index is 2.97. The SMILES string of the molecule is CCOCCC[Si]1(C)O[Si](C)(CCCCCCCCCC[Si](CO)(OC)OC)O[Si](C)(CCCCCCCCCC[Si](OC)(OC)OC)O[Si](C)(CCCCCCCCCC[Si](CO)(OC)OC)O1. The van der Waals surface area contributed by atoms with Gasteiger partial charge in [-0.25, -0.2) is 0 Å². The number of hydrogen-bond acceptors (Lipinski definition) is 14. The van der Waals surface area contributed by atoms with Gasteiger partial charge >= 0.3 is 60.2 Å². The molecule has 1 aliphatic rings. The van der Waals surface area contributed by atoms with Crippen molar-refractivity contribution in [1.82, 2.24) is 0 Å². The molecule has 2 unspecified atom stereocenters. The van der Waals surface area contributed by atoms with Gasteiger partial charge in [0, 0.05) is 69.0 Å². The van der Waals surface area contributed by atoms with Crippen molar-refractivity contribution in [2.24, 2.45) is 0 Å². The van der Waals surface area contributed by atoms with Gasteiger partial charge in [-0.2, -0.15) is 0 Å². The lowest BCUT2D eigenvalue weighted by atomic mass is 10.1. The van der Waals surface area contributed by atoms with Crippen molar-refractivity contribution < 1.29 is 62.4 Å². The third-order valence-corrected chi connectivity index (χ3v) is 42.4. The molecule has 1 rings (SSSR count). The van der Waals surface area contributed by atoms with E-state index in [4.69, 9.17) is 52.2 Å². The Bertz CT molecular complexity index is 1140. The second-order valence-electron chi connectivity index (χ2n) is 20.5. The monoisotopic (exact) mass is 1110 g/mol. The second-order valence-corrected chi connectivity index (χ2v) is 44.8. The maximum Gasteiger partial charge on any atom is 0.500 e. The maximum absolute atomic E-state index is 9.78. The Morgan fingerprint density at radius 1 is 0.333 bits per heavy atom. The van der Waals surface area contributed by atoms with Crippen LogP contribution in [0.1, 0.15) is 167 Å². The molecule has 1 fully saturated rings. The molecular weight excluding hydrogens is 997 g/mol. The summed E-state index contributed by atoms with van der Waals surface area (Å²) in [6, 6.07) is 6.38. The van der Waals surface area contributed by atoms with Gasteiger partial charge in [0.15, 0.2) is 0 Å². The van der Waals surface area contributed by atoms with E-state index in [2.05, 4.69) is 33.1 Å². The largest absolute Gasteiger partial charge is 0.500 e. The van der Waals surface area contributed by atoms with E-state index in [-0.39, 0.29) is 12.5 Å². The maximum atomic E-state index is 9.78. The molecule has 0 radical (unpaired) electrons. The van der Waals surface area contributed by atoms with Crippen molar-refractivity contribution in [3.63, 3.8) is 0 Å². The Hall–Kier alpha value is 0.958. The van der Waals surface area contributed by atoms with Crippen LogP contribution in [0.3, 0.4) is 0 Å². The summed E-state index contributed by atoms with van der Waals surface area (Å²) in [7, 11) is -6.26. The molecule has 0 aliphatic carbocycles. The van der Waals surface area contributed by atoms with E-state index in [0.29, 0.717) is 0 Å². The van der Waals surface area contributed by atoms with Crippen molar-refractivity contribution >= 4 is 60.2 Å². The summed E-state index contributed by atoms with van der Waals surface area (Å²) < 4.78 is 75.2. The van der Waals surface area contributed by atoms with E-state index in [0.717, 1.165) is 113 Å². The van der Waals surface area contributed by atoms with Gasteiger partial charge in [-0.1, -0.05) is 148 Å². The molecule has 2 N–H and O–H groups in total. The number of aliphatic hydroxyl groups excluding tert-OH is 2. The molecule has 0 aromatic heterocycles. The highest BCUT2D eigenvalue weighted by Crippen LogP contribution is 2.40. The summed E-state index contributed by atoms with van der Waals surface area (Å²) in [5.74, 6) is 0. The summed E-state index contributed by atoms with van der Waals surface area (Å²) >= 11 is 0. The van der Waals surface area contributed by atoms with Gasteiger partial charge in [-0.3, -0.25) is 0 Å². The number of aliphatic hydroxyl groups is 2. The first-order valence-corrected chi connectivity index (χ1v) is 44.0. The zero-order chi connectivity index (χ0) is 51.4. The van der Waals surface area contributed by atoms with Crippen LogP contribution in [0.2, 0.25) is 68.5 Å². The van der Waals surface area contributed by atoms with Crippen LogP contribution in [-0.2, 0) is 52.2 Å². The molecule has 0 aromatic rings. The van der Waals surface area contributed by atoms with Crippen LogP contribution in [0.5, 0.6) is 0 Å². The minimum absolute atomic E-state index is 0.0147. The van der Waals surface area contributed by atoms with Gasteiger partial charge in [0.1, 0.15) is 0 Å². The van der Waals surface area contributed by atoms with Crippen molar-refractivity contribution in [3.8, 4) is 0 Å². The van der Waals surface area contributed by atoms with Crippen LogP contribution in [0.25, 0.3) is 0 Å². The summed E-state index contributed by atoms with van der Waals surface area (Å²) in [5, 5.41) is 19.6. The fourth-order valence-corrected chi connectivity index (χ4v) is 39.0. The number of hydrogen-bond donors (Lipinski definition) is 2. The first kappa shape index (κ1) is 68.0.